The summed E-state index contributed by atoms with van der Waals surface area (Å²) in [5.74, 6) is 0.936. The van der Waals surface area contributed by atoms with Gasteiger partial charge < -0.3 is 10.6 Å². The Bertz CT molecular complexity index is 518. The molecular formula is C21H37N5. The van der Waals surface area contributed by atoms with Gasteiger partial charge in [0, 0.05) is 45.3 Å². The minimum Gasteiger partial charge on any atom is -0.355 e. The molecular weight excluding hydrogens is 322 g/mol. The highest BCUT2D eigenvalue weighted by Crippen LogP contribution is 2.13. The van der Waals surface area contributed by atoms with Crippen LogP contribution in [0.15, 0.2) is 35.3 Å². The van der Waals surface area contributed by atoms with Crippen LogP contribution in [0, 0.1) is 0 Å². The Morgan fingerprint density at radius 2 is 1.85 bits per heavy atom. The van der Waals surface area contributed by atoms with Crippen molar-refractivity contribution in [1.82, 2.24) is 20.4 Å². The molecule has 0 aromatic heterocycles. The Morgan fingerprint density at radius 3 is 2.42 bits per heavy atom. The van der Waals surface area contributed by atoms with E-state index in [2.05, 4.69) is 76.5 Å². The predicted molar refractivity (Wildman–Crippen MR) is 112 cm³/mol. The second kappa shape index (κ2) is 11.2. The van der Waals surface area contributed by atoms with Gasteiger partial charge in [0.1, 0.15) is 0 Å². The second-order valence-corrected chi connectivity index (χ2v) is 7.20. The van der Waals surface area contributed by atoms with E-state index in [4.69, 9.17) is 0 Å². The summed E-state index contributed by atoms with van der Waals surface area (Å²) in [5.41, 5.74) is 1.40. The molecule has 0 saturated carbocycles. The van der Waals surface area contributed by atoms with Crippen LogP contribution in [0.25, 0.3) is 0 Å². The Kier molecular flexibility index (Phi) is 8.92. The Labute approximate surface area is 159 Å². The first-order valence-electron chi connectivity index (χ1n) is 10.1. The van der Waals surface area contributed by atoms with Crippen molar-refractivity contribution in [3.8, 4) is 0 Å². The molecule has 1 aromatic carbocycles. The molecule has 1 aliphatic rings. The van der Waals surface area contributed by atoms with Crippen LogP contribution in [0.1, 0.15) is 39.2 Å². The molecule has 2 rings (SSSR count). The monoisotopic (exact) mass is 359 g/mol. The zero-order chi connectivity index (χ0) is 18.8. The summed E-state index contributed by atoms with van der Waals surface area (Å²) >= 11 is 0. The summed E-state index contributed by atoms with van der Waals surface area (Å²) in [5, 5.41) is 7.11. The molecule has 146 valence electrons. The van der Waals surface area contributed by atoms with E-state index in [0.717, 1.165) is 45.2 Å². The fourth-order valence-electron chi connectivity index (χ4n) is 3.69. The van der Waals surface area contributed by atoms with Crippen molar-refractivity contribution in [2.24, 2.45) is 4.99 Å². The molecule has 0 aliphatic carbocycles. The predicted octanol–water partition coefficient (Wildman–Crippen LogP) is 2.55. The molecule has 0 spiro atoms. The summed E-state index contributed by atoms with van der Waals surface area (Å²) in [4.78, 5) is 9.42. The van der Waals surface area contributed by atoms with Gasteiger partial charge in [-0.1, -0.05) is 44.2 Å². The van der Waals surface area contributed by atoms with Crippen LogP contribution in [-0.2, 0) is 6.54 Å². The number of benzene rings is 1. The number of rotatable bonds is 8. The highest BCUT2D eigenvalue weighted by atomic mass is 15.2. The molecule has 5 nitrogen and oxygen atoms in total. The number of hydrogen-bond acceptors (Lipinski definition) is 3. The highest BCUT2D eigenvalue weighted by Gasteiger charge is 2.20. The zero-order valence-corrected chi connectivity index (χ0v) is 17.0. The van der Waals surface area contributed by atoms with E-state index >= 15 is 0 Å². The topological polar surface area (TPSA) is 42.9 Å². The summed E-state index contributed by atoms with van der Waals surface area (Å²) in [7, 11) is 1.86. The molecule has 0 bridgehead atoms. The molecule has 2 N–H and O–H groups in total. The third kappa shape index (κ3) is 6.61. The van der Waals surface area contributed by atoms with Gasteiger partial charge in [-0.2, -0.15) is 0 Å². The molecule has 1 unspecified atom stereocenters. The van der Waals surface area contributed by atoms with Crippen LogP contribution in [0.2, 0.25) is 0 Å². The van der Waals surface area contributed by atoms with Crippen LogP contribution >= 0.6 is 0 Å². The zero-order valence-electron chi connectivity index (χ0n) is 17.0. The van der Waals surface area contributed by atoms with Crippen LogP contribution in [-0.4, -0.2) is 67.6 Å². The Balaban J connectivity index is 1.71. The maximum Gasteiger partial charge on any atom is 0.191 e. The normalized spacial score (nSPS) is 18.1. The van der Waals surface area contributed by atoms with E-state index < -0.39 is 0 Å². The van der Waals surface area contributed by atoms with Crippen LogP contribution < -0.4 is 10.6 Å². The summed E-state index contributed by atoms with van der Waals surface area (Å²) < 4.78 is 0. The van der Waals surface area contributed by atoms with Gasteiger partial charge >= 0.3 is 0 Å². The molecule has 5 heteroatoms. The van der Waals surface area contributed by atoms with Gasteiger partial charge in [0.15, 0.2) is 5.96 Å². The van der Waals surface area contributed by atoms with E-state index in [1.807, 2.05) is 7.05 Å². The highest BCUT2D eigenvalue weighted by molar-refractivity contribution is 5.80. The standard InChI is InChI=1S/C21H37N5/c1-5-26(6-2)18(3)16-23-21(22-4)24-20-12-14-25(15-13-20)17-19-10-8-7-9-11-19/h7-11,18,20H,5-6,12-17H2,1-4H3,(H2,22,23,24). The number of piperidine rings is 1. The number of nitrogens with zero attached hydrogens (tertiary/aromatic N) is 3. The van der Waals surface area contributed by atoms with Crippen molar-refractivity contribution < 1.29 is 0 Å². The third-order valence-corrected chi connectivity index (χ3v) is 5.40. The van der Waals surface area contributed by atoms with Gasteiger partial charge in [-0.15, -0.1) is 0 Å². The first-order valence-corrected chi connectivity index (χ1v) is 10.1. The minimum absolute atomic E-state index is 0.510. The largest absolute Gasteiger partial charge is 0.355 e. The van der Waals surface area contributed by atoms with Crippen molar-refractivity contribution in [3.63, 3.8) is 0 Å². The van der Waals surface area contributed by atoms with Crippen molar-refractivity contribution in [2.75, 3.05) is 39.8 Å². The Morgan fingerprint density at radius 1 is 1.19 bits per heavy atom. The van der Waals surface area contributed by atoms with E-state index in [1.165, 1.54) is 18.4 Å². The van der Waals surface area contributed by atoms with E-state index in [0.29, 0.717) is 12.1 Å². The molecule has 1 saturated heterocycles. The van der Waals surface area contributed by atoms with E-state index in [1.54, 1.807) is 0 Å². The number of hydrogen-bond donors (Lipinski definition) is 2. The second-order valence-electron chi connectivity index (χ2n) is 7.20. The van der Waals surface area contributed by atoms with Crippen LogP contribution in [0.5, 0.6) is 0 Å². The van der Waals surface area contributed by atoms with E-state index in [-0.39, 0.29) is 0 Å². The summed E-state index contributed by atoms with van der Waals surface area (Å²) in [6, 6.07) is 11.8. The molecule has 0 amide bonds. The maximum atomic E-state index is 4.41. The van der Waals surface area contributed by atoms with Gasteiger partial charge in [-0.3, -0.25) is 14.8 Å². The number of aliphatic imine (C=N–C) groups is 1. The minimum atomic E-state index is 0.510. The number of likely N-dealkylation sites (N-methyl/N-ethyl adjacent to an activating group) is 1. The van der Waals surface area contributed by atoms with Gasteiger partial charge in [0.05, 0.1) is 0 Å². The van der Waals surface area contributed by atoms with Gasteiger partial charge in [0.25, 0.3) is 0 Å². The van der Waals surface area contributed by atoms with Crippen molar-refractivity contribution in [3.05, 3.63) is 35.9 Å². The number of guanidine groups is 1. The van der Waals surface area contributed by atoms with Gasteiger partial charge in [-0.25, -0.2) is 0 Å². The van der Waals surface area contributed by atoms with Gasteiger partial charge in [0.2, 0.25) is 0 Å². The summed E-state index contributed by atoms with van der Waals surface area (Å²) in [6.45, 7) is 13.1. The maximum absolute atomic E-state index is 4.41. The lowest BCUT2D eigenvalue weighted by atomic mass is 10.0. The quantitative estimate of drug-likeness (QED) is 0.553. The molecule has 0 radical (unpaired) electrons. The van der Waals surface area contributed by atoms with Gasteiger partial charge in [-0.05, 0) is 38.4 Å². The molecule has 1 fully saturated rings. The number of nitrogens with one attached hydrogen (secondary N) is 2. The molecule has 1 heterocycles. The fraction of sp³-hybridized carbons (Fsp3) is 0.667. The summed E-state index contributed by atoms with van der Waals surface area (Å²) in [6.07, 6.45) is 2.33. The van der Waals surface area contributed by atoms with Crippen molar-refractivity contribution >= 4 is 5.96 Å². The lowest BCUT2D eigenvalue weighted by Gasteiger charge is -2.33. The smallest absolute Gasteiger partial charge is 0.191 e. The number of likely N-dealkylation sites (tertiary alicyclic amines) is 1. The van der Waals surface area contributed by atoms with Crippen molar-refractivity contribution in [1.29, 1.82) is 0 Å². The molecule has 1 aliphatic heterocycles. The average Bonchev–Trinajstić information content (AvgIpc) is 2.68. The first-order chi connectivity index (χ1) is 12.7. The van der Waals surface area contributed by atoms with Crippen molar-refractivity contribution in [2.45, 2.75) is 52.2 Å². The molecule has 26 heavy (non-hydrogen) atoms. The lowest BCUT2D eigenvalue weighted by molar-refractivity contribution is 0.198. The molecule has 1 aromatic rings. The Hall–Kier alpha value is -1.59. The molecule has 1 atom stereocenters. The van der Waals surface area contributed by atoms with Crippen LogP contribution in [0.3, 0.4) is 0 Å². The first kappa shape index (κ1) is 20.7. The van der Waals surface area contributed by atoms with Crippen LogP contribution in [0.4, 0.5) is 0 Å². The lowest BCUT2D eigenvalue weighted by Crippen LogP contribution is -2.51. The average molecular weight is 360 g/mol. The SMILES string of the molecule is CCN(CC)C(C)CNC(=NC)NC1CCN(Cc2ccccc2)CC1. The van der Waals surface area contributed by atoms with E-state index in [9.17, 15) is 0 Å². The third-order valence-electron chi connectivity index (χ3n) is 5.40. The fourth-order valence-corrected chi connectivity index (χ4v) is 3.69.